The number of halogens is 2. The van der Waals surface area contributed by atoms with Crippen molar-refractivity contribution in [3.05, 3.63) is 64.4 Å². The Bertz CT molecular complexity index is 648. The Morgan fingerprint density at radius 3 is 2.76 bits per heavy atom. The van der Waals surface area contributed by atoms with Gasteiger partial charge in [-0.2, -0.15) is 0 Å². The van der Waals surface area contributed by atoms with Crippen LogP contribution in [0.15, 0.2) is 47.4 Å². The zero-order valence-corrected chi connectivity index (χ0v) is 13.1. The Kier molecular flexibility index (Phi) is 5.65. The first-order chi connectivity index (χ1) is 10.1. The van der Waals surface area contributed by atoms with Crippen LogP contribution in [0.4, 0.5) is 4.39 Å². The van der Waals surface area contributed by atoms with Crippen LogP contribution in [0.25, 0.3) is 0 Å². The molecule has 0 radical (unpaired) electrons. The molecule has 0 atom stereocenters. The zero-order valence-electron chi connectivity index (χ0n) is 11.5. The van der Waals surface area contributed by atoms with Gasteiger partial charge in [-0.15, -0.1) is 11.8 Å². The van der Waals surface area contributed by atoms with Crippen molar-refractivity contribution in [2.24, 2.45) is 0 Å². The molecule has 0 aliphatic heterocycles. The highest BCUT2D eigenvalue weighted by molar-refractivity contribution is 8.00. The monoisotopic (exact) mass is 323 g/mol. The predicted octanol–water partition coefficient (Wildman–Crippen LogP) is 4.20. The van der Waals surface area contributed by atoms with E-state index in [0.29, 0.717) is 6.54 Å². The van der Waals surface area contributed by atoms with Crippen molar-refractivity contribution in [1.82, 2.24) is 5.32 Å². The molecule has 0 saturated carbocycles. The molecule has 21 heavy (non-hydrogen) atoms. The van der Waals surface area contributed by atoms with Crippen LogP contribution in [0.1, 0.15) is 11.1 Å². The number of thioether (sulfide) groups is 1. The van der Waals surface area contributed by atoms with Crippen molar-refractivity contribution in [3.63, 3.8) is 0 Å². The van der Waals surface area contributed by atoms with E-state index < -0.39 is 5.82 Å². The summed E-state index contributed by atoms with van der Waals surface area (Å²) in [7, 11) is 0. The van der Waals surface area contributed by atoms with Crippen molar-refractivity contribution < 1.29 is 9.18 Å². The molecule has 2 rings (SSSR count). The molecule has 0 aliphatic rings. The van der Waals surface area contributed by atoms with E-state index in [0.717, 1.165) is 16.0 Å². The van der Waals surface area contributed by atoms with Gasteiger partial charge in [0, 0.05) is 11.4 Å². The number of carbonyl (C=O) groups excluding carboxylic acids is 1. The van der Waals surface area contributed by atoms with Crippen molar-refractivity contribution in [2.75, 3.05) is 5.75 Å². The maximum absolute atomic E-state index is 13.0. The predicted molar refractivity (Wildman–Crippen MR) is 85.2 cm³/mol. The quantitative estimate of drug-likeness (QED) is 0.836. The van der Waals surface area contributed by atoms with E-state index >= 15 is 0 Å². The van der Waals surface area contributed by atoms with Gasteiger partial charge in [-0.1, -0.05) is 35.9 Å². The van der Waals surface area contributed by atoms with E-state index in [1.54, 1.807) is 6.07 Å². The SMILES string of the molecule is Cc1ccccc1CNC(=O)CSc1ccc(F)c(Cl)c1. The van der Waals surface area contributed by atoms with Crippen LogP contribution in [0, 0.1) is 12.7 Å². The molecule has 0 unspecified atom stereocenters. The lowest BCUT2D eigenvalue weighted by molar-refractivity contribution is -0.118. The fourth-order valence-corrected chi connectivity index (χ4v) is 2.78. The van der Waals surface area contributed by atoms with E-state index in [1.807, 2.05) is 31.2 Å². The smallest absolute Gasteiger partial charge is 0.230 e. The number of hydrogen-bond donors (Lipinski definition) is 1. The molecule has 0 bridgehead atoms. The molecule has 0 fully saturated rings. The molecule has 1 N–H and O–H groups in total. The van der Waals surface area contributed by atoms with Crippen LogP contribution in [0.5, 0.6) is 0 Å². The maximum atomic E-state index is 13.0. The molecule has 5 heteroatoms. The van der Waals surface area contributed by atoms with Crippen LogP contribution >= 0.6 is 23.4 Å². The lowest BCUT2D eigenvalue weighted by atomic mass is 10.1. The third-order valence-electron chi connectivity index (χ3n) is 3.00. The molecular weight excluding hydrogens is 309 g/mol. The lowest BCUT2D eigenvalue weighted by Crippen LogP contribution is -2.24. The minimum Gasteiger partial charge on any atom is -0.351 e. The van der Waals surface area contributed by atoms with Crippen LogP contribution < -0.4 is 5.32 Å². The fraction of sp³-hybridized carbons (Fsp3) is 0.188. The van der Waals surface area contributed by atoms with Gasteiger partial charge in [0.25, 0.3) is 0 Å². The molecule has 1 amide bonds. The summed E-state index contributed by atoms with van der Waals surface area (Å²) >= 11 is 7.03. The number of carbonyl (C=O) groups is 1. The molecule has 0 spiro atoms. The largest absolute Gasteiger partial charge is 0.351 e. The summed E-state index contributed by atoms with van der Waals surface area (Å²) < 4.78 is 13.0. The summed E-state index contributed by atoms with van der Waals surface area (Å²) in [5.74, 6) is -0.248. The molecule has 0 aromatic heterocycles. The van der Waals surface area contributed by atoms with Crippen molar-refractivity contribution in [1.29, 1.82) is 0 Å². The van der Waals surface area contributed by atoms with Gasteiger partial charge in [0.15, 0.2) is 0 Å². The van der Waals surface area contributed by atoms with Gasteiger partial charge in [0.1, 0.15) is 5.82 Å². The number of nitrogens with one attached hydrogen (secondary N) is 1. The molecule has 2 nitrogen and oxygen atoms in total. The van der Waals surface area contributed by atoms with E-state index in [-0.39, 0.29) is 16.7 Å². The third-order valence-corrected chi connectivity index (χ3v) is 4.28. The summed E-state index contributed by atoms with van der Waals surface area (Å²) in [4.78, 5) is 12.6. The summed E-state index contributed by atoms with van der Waals surface area (Å²) in [5, 5.41) is 2.94. The summed E-state index contributed by atoms with van der Waals surface area (Å²) in [6.07, 6.45) is 0. The average Bonchev–Trinajstić information content (AvgIpc) is 2.47. The first kappa shape index (κ1) is 15.9. The number of rotatable bonds is 5. The summed E-state index contributed by atoms with van der Waals surface area (Å²) in [5.41, 5.74) is 2.25. The normalized spacial score (nSPS) is 10.4. The van der Waals surface area contributed by atoms with Crippen LogP contribution in [-0.2, 0) is 11.3 Å². The van der Waals surface area contributed by atoms with Crippen molar-refractivity contribution >= 4 is 29.3 Å². The highest BCUT2D eigenvalue weighted by Gasteiger charge is 2.06. The zero-order chi connectivity index (χ0) is 15.2. The van der Waals surface area contributed by atoms with Gasteiger partial charge >= 0.3 is 0 Å². The Balaban J connectivity index is 1.82. The second-order valence-electron chi connectivity index (χ2n) is 4.57. The Labute approximate surface area is 132 Å². The van der Waals surface area contributed by atoms with E-state index in [1.165, 1.54) is 23.9 Å². The first-order valence-corrected chi connectivity index (χ1v) is 7.81. The Morgan fingerprint density at radius 1 is 1.29 bits per heavy atom. The van der Waals surface area contributed by atoms with E-state index in [9.17, 15) is 9.18 Å². The van der Waals surface area contributed by atoms with E-state index in [4.69, 9.17) is 11.6 Å². The van der Waals surface area contributed by atoms with Gasteiger partial charge < -0.3 is 5.32 Å². The highest BCUT2D eigenvalue weighted by atomic mass is 35.5. The molecule has 2 aromatic carbocycles. The molecule has 110 valence electrons. The fourth-order valence-electron chi connectivity index (χ4n) is 1.77. The average molecular weight is 324 g/mol. The van der Waals surface area contributed by atoms with Crippen LogP contribution in [0.2, 0.25) is 5.02 Å². The minimum atomic E-state index is -0.454. The number of aryl methyl sites for hydroxylation is 1. The number of benzene rings is 2. The van der Waals surface area contributed by atoms with Gasteiger partial charge in [-0.3, -0.25) is 4.79 Å². The van der Waals surface area contributed by atoms with Crippen molar-refractivity contribution in [3.8, 4) is 0 Å². The first-order valence-electron chi connectivity index (χ1n) is 6.45. The van der Waals surface area contributed by atoms with Crippen LogP contribution in [-0.4, -0.2) is 11.7 Å². The second-order valence-corrected chi connectivity index (χ2v) is 6.02. The van der Waals surface area contributed by atoms with Gasteiger partial charge in [0.2, 0.25) is 5.91 Å². The molecule has 0 aliphatic carbocycles. The third kappa shape index (κ3) is 4.76. The highest BCUT2D eigenvalue weighted by Crippen LogP contribution is 2.23. The summed E-state index contributed by atoms with van der Waals surface area (Å²) in [6.45, 7) is 2.52. The molecule has 2 aromatic rings. The van der Waals surface area contributed by atoms with Crippen molar-refractivity contribution in [2.45, 2.75) is 18.4 Å². The minimum absolute atomic E-state index is 0.0660. The molecule has 0 heterocycles. The van der Waals surface area contributed by atoms with E-state index in [2.05, 4.69) is 5.32 Å². The topological polar surface area (TPSA) is 29.1 Å². The number of amides is 1. The Hall–Kier alpha value is -1.52. The second kappa shape index (κ2) is 7.48. The van der Waals surface area contributed by atoms with Crippen LogP contribution in [0.3, 0.4) is 0 Å². The van der Waals surface area contributed by atoms with Gasteiger partial charge in [-0.05, 0) is 36.2 Å². The van der Waals surface area contributed by atoms with Gasteiger partial charge in [0.05, 0.1) is 10.8 Å². The standard InChI is InChI=1S/C16H15ClFNOS/c1-11-4-2-3-5-12(11)9-19-16(20)10-21-13-6-7-15(18)14(17)8-13/h2-8H,9-10H2,1H3,(H,19,20). The maximum Gasteiger partial charge on any atom is 0.230 e. The lowest BCUT2D eigenvalue weighted by Gasteiger charge is -2.08. The Morgan fingerprint density at radius 2 is 2.05 bits per heavy atom. The van der Waals surface area contributed by atoms with Gasteiger partial charge in [-0.25, -0.2) is 4.39 Å². The number of hydrogen-bond acceptors (Lipinski definition) is 2. The molecular formula is C16H15ClFNOS. The molecule has 0 saturated heterocycles. The summed E-state index contributed by atoms with van der Waals surface area (Å²) in [6, 6.07) is 12.4.